The number of hydrogen-bond acceptors (Lipinski definition) is 0. The van der Waals surface area contributed by atoms with Gasteiger partial charge in [-0.3, -0.25) is 0 Å². The predicted octanol–water partition coefficient (Wildman–Crippen LogP) is 8.00. The molecule has 0 unspecified atom stereocenters. The molecule has 0 bridgehead atoms. The van der Waals surface area contributed by atoms with Crippen molar-refractivity contribution in [2.75, 3.05) is 0 Å². The highest BCUT2D eigenvalue weighted by Crippen LogP contribution is 2.43. The van der Waals surface area contributed by atoms with Gasteiger partial charge in [-0.1, -0.05) is 121 Å². The maximum atomic E-state index is 3.42. The quantitative estimate of drug-likeness (QED) is 0.264. The van der Waals surface area contributed by atoms with Crippen molar-refractivity contribution in [2.24, 2.45) is 0 Å². The van der Waals surface area contributed by atoms with Crippen LogP contribution in [0, 0.1) is 6.07 Å². The Bertz CT molecular complexity index is 1140. The highest BCUT2D eigenvalue weighted by atomic mass is 14.3. The first kappa shape index (κ1) is 19.1. The summed E-state index contributed by atoms with van der Waals surface area (Å²) in [6.45, 7) is 0. The molecule has 0 heteroatoms. The van der Waals surface area contributed by atoms with E-state index in [-0.39, 0.29) is 5.92 Å². The van der Waals surface area contributed by atoms with Crippen LogP contribution in [-0.2, 0) is 0 Å². The molecule has 0 aliphatic heterocycles. The molecule has 0 spiro atoms. The van der Waals surface area contributed by atoms with E-state index in [1.54, 1.807) is 0 Å². The van der Waals surface area contributed by atoms with Crippen LogP contribution in [0.1, 0.15) is 22.6 Å². The van der Waals surface area contributed by atoms with E-state index in [2.05, 4.69) is 140 Å². The number of hydrogen-bond donors (Lipinski definition) is 0. The molecule has 0 aromatic heterocycles. The molecule has 0 saturated heterocycles. The Labute approximate surface area is 184 Å². The molecule has 0 aliphatic carbocycles. The van der Waals surface area contributed by atoms with Crippen molar-refractivity contribution in [3.63, 3.8) is 0 Å². The van der Waals surface area contributed by atoms with E-state index in [9.17, 15) is 0 Å². The molecule has 0 heterocycles. The van der Waals surface area contributed by atoms with Crippen LogP contribution in [0.5, 0.6) is 0 Å². The van der Waals surface area contributed by atoms with Gasteiger partial charge in [-0.05, 0) is 57.1 Å². The van der Waals surface area contributed by atoms with Crippen molar-refractivity contribution >= 4 is 0 Å². The third-order valence-electron chi connectivity index (χ3n) is 5.76. The SMILES string of the molecule is [c]1cc(-c2ccccc2)c(C(c2ccccc2)c2ccccc2)c(-c2ccccc2)c1. The Hall–Kier alpha value is -3.90. The molecule has 0 N–H and O–H groups in total. The summed E-state index contributed by atoms with van der Waals surface area (Å²) in [4.78, 5) is 0. The van der Waals surface area contributed by atoms with Gasteiger partial charge in [0.05, 0.1) is 0 Å². The van der Waals surface area contributed by atoms with Gasteiger partial charge >= 0.3 is 0 Å². The van der Waals surface area contributed by atoms with Gasteiger partial charge in [-0.15, -0.1) is 0 Å². The molecule has 5 rings (SSSR count). The molecule has 1 radical (unpaired) electrons. The first-order valence-corrected chi connectivity index (χ1v) is 10.7. The molecule has 147 valence electrons. The second-order valence-electron chi connectivity index (χ2n) is 7.68. The molecular weight excluding hydrogens is 372 g/mol. The lowest BCUT2D eigenvalue weighted by atomic mass is 9.78. The first-order chi connectivity index (χ1) is 15.4. The summed E-state index contributed by atoms with van der Waals surface area (Å²) in [6.07, 6.45) is 0. The van der Waals surface area contributed by atoms with E-state index >= 15 is 0 Å². The highest BCUT2D eigenvalue weighted by molar-refractivity contribution is 5.81. The zero-order chi connectivity index (χ0) is 20.9. The van der Waals surface area contributed by atoms with Crippen molar-refractivity contribution < 1.29 is 0 Å². The van der Waals surface area contributed by atoms with Crippen molar-refractivity contribution in [3.05, 3.63) is 156 Å². The van der Waals surface area contributed by atoms with Crippen LogP contribution in [0.25, 0.3) is 22.3 Å². The summed E-state index contributed by atoms with van der Waals surface area (Å²) >= 11 is 0. The largest absolute Gasteiger partial charge is 0.0622 e. The minimum atomic E-state index is 0.113. The van der Waals surface area contributed by atoms with Gasteiger partial charge in [0.15, 0.2) is 0 Å². The molecule has 0 aliphatic rings. The zero-order valence-corrected chi connectivity index (χ0v) is 17.3. The smallest absolute Gasteiger partial charge is 0.0352 e. The van der Waals surface area contributed by atoms with Gasteiger partial charge in [0.25, 0.3) is 0 Å². The standard InChI is InChI=1S/C31H23/c1-5-14-24(15-6-1)28-22-13-23-29(25-16-7-2-8-17-25)31(28)30(26-18-9-3-10-19-26)27-20-11-4-12-21-27/h1-12,14-23,30H. The second-order valence-corrected chi connectivity index (χ2v) is 7.68. The molecule has 0 atom stereocenters. The van der Waals surface area contributed by atoms with Crippen molar-refractivity contribution in [1.29, 1.82) is 0 Å². The maximum absolute atomic E-state index is 3.42. The summed E-state index contributed by atoms with van der Waals surface area (Å²) in [7, 11) is 0. The fourth-order valence-electron chi connectivity index (χ4n) is 4.35. The first-order valence-electron chi connectivity index (χ1n) is 10.7. The Morgan fingerprint density at radius 3 is 1.16 bits per heavy atom. The molecule has 31 heavy (non-hydrogen) atoms. The van der Waals surface area contributed by atoms with Gasteiger partial charge in [0, 0.05) is 5.92 Å². The van der Waals surface area contributed by atoms with Crippen LogP contribution in [0.2, 0.25) is 0 Å². The van der Waals surface area contributed by atoms with Crippen molar-refractivity contribution in [1.82, 2.24) is 0 Å². The summed E-state index contributed by atoms with van der Waals surface area (Å²) in [6, 6.07) is 50.6. The molecule has 0 saturated carbocycles. The average Bonchev–Trinajstić information content (AvgIpc) is 2.87. The van der Waals surface area contributed by atoms with Crippen LogP contribution in [-0.4, -0.2) is 0 Å². The zero-order valence-electron chi connectivity index (χ0n) is 17.3. The average molecular weight is 396 g/mol. The van der Waals surface area contributed by atoms with E-state index in [0.29, 0.717) is 0 Å². The highest BCUT2D eigenvalue weighted by Gasteiger charge is 2.24. The lowest BCUT2D eigenvalue weighted by Crippen LogP contribution is -2.07. The lowest BCUT2D eigenvalue weighted by Gasteiger charge is -2.25. The van der Waals surface area contributed by atoms with Gasteiger partial charge in [-0.2, -0.15) is 0 Å². The number of benzene rings is 5. The second kappa shape index (κ2) is 8.85. The Morgan fingerprint density at radius 1 is 0.419 bits per heavy atom. The molecule has 0 nitrogen and oxygen atoms in total. The minimum absolute atomic E-state index is 0.113. The predicted molar refractivity (Wildman–Crippen MR) is 130 cm³/mol. The van der Waals surface area contributed by atoms with Crippen LogP contribution >= 0.6 is 0 Å². The summed E-state index contributed by atoms with van der Waals surface area (Å²) < 4.78 is 0. The number of rotatable bonds is 5. The lowest BCUT2D eigenvalue weighted by molar-refractivity contribution is 0.982. The normalized spacial score (nSPS) is 10.9. The van der Waals surface area contributed by atoms with E-state index < -0.39 is 0 Å². The van der Waals surface area contributed by atoms with E-state index in [1.807, 2.05) is 0 Å². The monoisotopic (exact) mass is 395 g/mol. The van der Waals surface area contributed by atoms with Crippen LogP contribution in [0.4, 0.5) is 0 Å². The molecule has 5 aromatic rings. The topological polar surface area (TPSA) is 0 Å². The third kappa shape index (κ3) is 3.93. The Balaban J connectivity index is 1.85. The van der Waals surface area contributed by atoms with E-state index in [0.717, 1.165) is 0 Å². The molecule has 0 fully saturated rings. The third-order valence-corrected chi connectivity index (χ3v) is 5.76. The van der Waals surface area contributed by atoms with Gasteiger partial charge in [0.2, 0.25) is 0 Å². The summed E-state index contributed by atoms with van der Waals surface area (Å²) in [5, 5.41) is 0. The van der Waals surface area contributed by atoms with Crippen molar-refractivity contribution in [2.45, 2.75) is 5.92 Å². The van der Waals surface area contributed by atoms with E-state index in [1.165, 1.54) is 38.9 Å². The molecule has 0 amide bonds. The molecule has 5 aromatic carbocycles. The van der Waals surface area contributed by atoms with Crippen LogP contribution in [0.3, 0.4) is 0 Å². The van der Waals surface area contributed by atoms with Crippen LogP contribution in [0.15, 0.2) is 133 Å². The van der Waals surface area contributed by atoms with Gasteiger partial charge in [-0.25, -0.2) is 0 Å². The van der Waals surface area contributed by atoms with Crippen molar-refractivity contribution in [3.8, 4) is 22.3 Å². The Morgan fingerprint density at radius 2 is 0.774 bits per heavy atom. The van der Waals surface area contributed by atoms with Gasteiger partial charge < -0.3 is 0 Å². The van der Waals surface area contributed by atoms with Crippen LogP contribution < -0.4 is 0 Å². The fourth-order valence-corrected chi connectivity index (χ4v) is 4.35. The summed E-state index contributed by atoms with van der Waals surface area (Å²) in [5.74, 6) is 0.113. The summed E-state index contributed by atoms with van der Waals surface area (Å²) in [5.41, 5.74) is 8.75. The maximum Gasteiger partial charge on any atom is 0.0352 e. The fraction of sp³-hybridized carbons (Fsp3) is 0.0323. The minimum Gasteiger partial charge on any atom is -0.0622 e. The van der Waals surface area contributed by atoms with Gasteiger partial charge in [0.1, 0.15) is 0 Å². The van der Waals surface area contributed by atoms with E-state index in [4.69, 9.17) is 0 Å². The molecular formula is C31H23. The Kier molecular flexibility index (Phi) is 5.45.